The molecule has 384 valence electrons. The minimum atomic E-state index is -10.6. The highest BCUT2D eigenvalue weighted by molar-refractivity contribution is 5.25. The molecule has 1 nitrogen and oxygen atoms in total. The van der Waals surface area contributed by atoms with Crippen molar-refractivity contribution in [2.24, 2.45) is 0 Å². The van der Waals surface area contributed by atoms with Crippen LogP contribution in [-0.4, -0.2) is 125 Å². The highest BCUT2D eigenvalue weighted by Crippen LogP contribution is 2.74. The van der Waals surface area contributed by atoms with Gasteiger partial charge in [0.2, 0.25) is 0 Å². The molecule has 43 heteroatoms. The van der Waals surface area contributed by atoms with Gasteiger partial charge in [0, 0.05) is 0 Å². The van der Waals surface area contributed by atoms with E-state index in [4.69, 9.17) is 0 Å². The molecule has 0 spiro atoms. The smallest absolute Gasteiger partial charge is 0.286 e. The van der Waals surface area contributed by atoms with Crippen LogP contribution >= 0.6 is 0 Å². The fourth-order valence-corrected chi connectivity index (χ4v) is 4.01. The summed E-state index contributed by atoms with van der Waals surface area (Å²) in [5, 5.41) is 0. The lowest BCUT2D eigenvalue weighted by atomic mass is 9.82. The van der Waals surface area contributed by atoms with E-state index in [1.165, 1.54) is 0 Å². The maximum absolute atomic E-state index is 14.0. The molecule has 0 saturated carbocycles. The summed E-state index contributed by atoms with van der Waals surface area (Å²) in [6.07, 6.45) is -16.2. The molecule has 0 aromatic heterocycles. The normalized spacial score (nSPS) is 22.6. The molecule has 1 rings (SSSR count). The van der Waals surface area contributed by atoms with Gasteiger partial charge in [-0.2, -0.15) is 184 Å². The molecule has 0 bridgehead atoms. The van der Waals surface area contributed by atoms with Crippen molar-refractivity contribution in [1.29, 1.82) is 0 Å². The predicted molar refractivity (Wildman–Crippen MR) is 105 cm³/mol. The Labute approximate surface area is 315 Å². The van der Waals surface area contributed by atoms with Crippen LogP contribution in [0.25, 0.3) is 0 Å². The Bertz CT molecular complexity index is 1750. The lowest BCUT2D eigenvalue weighted by molar-refractivity contribution is -0.494. The highest BCUT2D eigenvalue weighted by atomic mass is 19.4. The fraction of sp³-hybridized carbons (Fsp3) is 1.00. The number of hydrogen-bond donors (Lipinski definition) is 0. The third-order valence-corrected chi connectivity index (χ3v) is 8.09. The van der Waals surface area contributed by atoms with Crippen molar-refractivity contribution >= 4 is 0 Å². The molecule has 0 aromatic rings. The molecule has 1 aliphatic rings. The third kappa shape index (κ3) is 6.06. The first kappa shape index (κ1) is 59.0. The molecule has 1 fully saturated rings. The maximum Gasteiger partial charge on any atom is 0.460 e. The summed E-state index contributed by atoms with van der Waals surface area (Å²) in [5.74, 6) is -187. The second-order valence-electron chi connectivity index (χ2n) is 12.1. The van der Waals surface area contributed by atoms with Crippen LogP contribution in [0.3, 0.4) is 0 Å². The molecule has 2 unspecified atom stereocenters. The Balaban J connectivity index is 4.11. The van der Waals surface area contributed by atoms with Crippen molar-refractivity contribution in [1.82, 2.24) is 0 Å². The van der Waals surface area contributed by atoms with Crippen LogP contribution in [0.4, 0.5) is 184 Å². The van der Waals surface area contributed by atoms with Crippen molar-refractivity contribution in [3.8, 4) is 0 Å². The average molecular weight is 1070 g/mol. The summed E-state index contributed by atoms with van der Waals surface area (Å²) < 4.78 is 569. The van der Waals surface area contributed by atoms with E-state index >= 15 is 0 Å². The summed E-state index contributed by atoms with van der Waals surface area (Å²) in [5.41, 5.74) is 0. The molecule has 0 N–H and O–H groups in total. The van der Waals surface area contributed by atoms with Gasteiger partial charge < -0.3 is 0 Å². The molecule has 0 amide bonds. The summed E-state index contributed by atoms with van der Waals surface area (Å²) in [7, 11) is 0. The van der Waals surface area contributed by atoms with Crippen molar-refractivity contribution in [2.45, 2.75) is 125 Å². The van der Waals surface area contributed by atoms with Crippen molar-refractivity contribution in [3.63, 3.8) is 0 Å². The second-order valence-corrected chi connectivity index (χ2v) is 12.1. The summed E-state index contributed by atoms with van der Waals surface area (Å²) >= 11 is 0. The molecule has 1 aliphatic heterocycles. The Kier molecular flexibility index (Phi) is 12.5. The number of ether oxygens (including phenoxy) is 1. The zero-order chi connectivity index (χ0) is 53.2. The molecular weight excluding hydrogens is 1070 g/mol. The number of alkyl halides is 42. The van der Waals surface area contributed by atoms with Crippen LogP contribution in [0.2, 0.25) is 0 Å². The first-order valence-corrected chi connectivity index (χ1v) is 13.3. The number of epoxide rings is 1. The van der Waals surface area contributed by atoms with Gasteiger partial charge in [-0.05, 0) is 0 Å². The molecular formula is C21F42O. The quantitative estimate of drug-likeness (QED) is 0.104. The van der Waals surface area contributed by atoms with Crippen LogP contribution in [0.5, 0.6) is 0 Å². The van der Waals surface area contributed by atoms with Crippen LogP contribution < -0.4 is 0 Å². The lowest BCUT2D eigenvalue weighted by Crippen LogP contribution is -2.80. The molecule has 64 heavy (non-hydrogen) atoms. The van der Waals surface area contributed by atoms with Crippen molar-refractivity contribution in [3.05, 3.63) is 0 Å². The van der Waals surface area contributed by atoms with E-state index in [2.05, 4.69) is 0 Å². The molecule has 0 aliphatic carbocycles. The van der Waals surface area contributed by atoms with E-state index in [0.717, 1.165) is 0 Å². The Morgan fingerprint density at radius 3 is 0.453 bits per heavy atom. The van der Waals surface area contributed by atoms with Crippen LogP contribution in [0.1, 0.15) is 0 Å². The monoisotopic (exact) mass is 1070 g/mol. The average Bonchev–Trinajstić information content (AvgIpc) is 3.66. The fourth-order valence-electron chi connectivity index (χ4n) is 4.01. The van der Waals surface area contributed by atoms with Gasteiger partial charge in [-0.3, -0.25) is 4.74 Å². The van der Waals surface area contributed by atoms with Crippen LogP contribution in [0, 0.1) is 0 Å². The van der Waals surface area contributed by atoms with Gasteiger partial charge in [0.15, 0.2) is 0 Å². The highest BCUT2D eigenvalue weighted by Gasteiger charge is 3.06. The van der Waals surface area contributed by atoms with Crippen LogP contribution in [-0.2, 0) is 4.74 Å². The third-order valence-electron chi connectivity index (χ3n) is 8.09. The molecule has 2 atom stereocenters. The molecule has 0 aromatic carbocycles. The zero-order valence-corrected chi connectivity index (χ0v) is 26.8. The SMILES string of the molecule is FC(F)(F)C(F)(F)C(F)(F)C(F)(F)C(F)(F)C(F)(F)C(F)(F)C(F)(F)C(F)(F)C(F)(F)C(F)(F)C(F)(F)C(F)(F)C(F)(F)C(F)(F)C(F)(F)C(F)(F)C(F)(F)C1(F)OC1(F)C(F)(F)F. The predicted octanol–water partition coefficient (Wildman–Crippen LogP) is 13.3. The standard InChI is InChI=1S/C21F42O/c22-1(23,3(26,27)5(30,31)7(34,35)9(38,39)11(42,43)13(46,47)15(50,51)17(54,55)20(58,59)60)2(24,25)4(28,29)6(32,33)8(36,37)10(40,41)12(44,45)14(48,49)16(52,53)18(56)19(57,64-18)21(61,62)63. The Morgan fingerprint density at radius 1 is 0.188 bits per heavy atom. The van der Waals surface area contributed by atoms with Gasteiger partial charge in [0.1, 0.15) is 0 Å². The van der Waals surface area contributed by atoms with Gasteiger partial charge in [-0.25, -0.2) is 0 Å². The largest absolute Gasteiger partial charge is 0.460 e. The topological polar surface area (TPSA) is 12.5 Å². The Morgan fingerprint density at radius 2 is 0.328 bits per heavy atom. The second kappa shape index (κ2) is 13.6. The van der Waals surface area contributed by atoms with E-state index in [1.54, 1.807) is 4.74 Å². The van der Waals surface area contributed by atoms with E-state index in [1.807, 2.05) is 0 Å². The van der Waals surface area contributed by atoms with Crippen molar-refractivity contribution in [2.75, 3.05) is 0 Å². The minimum absolute atomic E-state index is 1.66. The van der Waals surface area contributed by atoms with Crippen molar-refractivity contribution < 1.29 is 189 Å². The Hall–Kier alpha value is -2.98. The van der Waals surface area contributed by atoms with E-state index in [0.29, 0.717) is 0 Å². The molecule has 1 saturated heterocycles. The first-order chi connectivity index (χ1) is 26.7. The van der Waals surface area contributed by atoms with Gasteiger partial charge in [0.05, 0.1) is 0 Å². The molecule has 1 heterocycles. The van der Waals surface area contributed by atoms with Gasteiger partial charge in [-0.1, -0.05) is 0 Å². The minimum Gasteiger partial charge on any atom is -0.286 e. The van der Waals surface area contributed by atoms with E-state index in [-0.39, 0.29) is 0 Å². The van der Waals surface area contributed by atoms with E-state index < -0.39 is 125 Å². The number of halogens is 42. The van der Waals surface area contributed by atoms with Gasteiger partial charge in [-0.15, -0.1) is 0 Å². The van der Waals surface area contributed by atoms with Crippen LogP contribution in [0.15, 0.2) is 0 Å². The summed E-state index contributed by atoms with van der Waals surface area (Å²) in [6, 6.07) is 0. The maximum atomic E-state index is 14.0. The number of hydrogen-bond acceptors (Lipinski definition) is 1. The zero-order valence-electron chi connectivity index (χ0n) is 26.8. The van der Waals surface area contributed by atoms with E-state index in [9.17, 15) is 184 Å². The van der Waals surface area contributed by atoms with Gasteiger partial charge in [0.25, 0.3) is 0 Å². The first-order valence-electron chi connectivity index (χ1n) is 13.3. The lowest BCUT2D eigenvalue weighted by Gasteiger charge is -2.47. The summed E-state index contributed by atoms with van der Waals surface area (Å²) in [4.78, 5) is 0. The van der Waals surface area contributed by atoms with Gasteiger partial charge >= 0.3 is 125 Å². The molecule has 0 radical (unpaired) electrons. The summed E-state index contributed by atoms with van der Waals surface area (Å²) in [6.45, 7) is 0. The number of rotatable bonds is 17.